The van der Waals surface area contributed by atoms with E-state index in [0.29, 0.717) is 11.4 Å². The number of aromatic nitrogens is 1. The van der Waals surface area contributed by atoms with Gasteiger partial charge in [0.1, 0.15) is 11.4 Å². The van der Waals surface area contributed by atoms with E-state index in [9.17, 15) is 10.1 Å². The first-order valence-corrected chi connectivity index (χ1v) is 6.31. The molecule has 0 aliphatic rings. The summed E-state index contributed by atoms with van der Waals surface area (Å²) in [5.41, 5.74) is 0.845. The molecule has 0 aliphatic carbocycles. The van der Waals surface area contributed by atoms with Gasteiger partial charge in [0, 0.05) is 6.20 Å². The van der Waals surface area contributed by atoms with E-state index in [2.05, 4.69) is 15.6 Å². The number of nitro benzene ring substituents is 1. The van der Waals surface area contributed by atoms with Crippen molar-refractivity contribution < 1.29 is 9.66 Å². The van der Waals surface area contributed by atoms with E-state index in [1.807, 2.05) is 0 Å². The molecule has 2 N–H and O–H groups in total. The Kier molecular flexibility index (Phi) is 4.62. The lowest BCUT2D eigenvalue weighted by molar-refractivity contribution is -0.384. The van der Waals surface area contributed by atoms with Crippen LogP contribution in [0.1, 0.15) is 0 Å². The minimum absolute atomic E-state index is 0.121. The van der Waals surface area contributed by atoms with Gasteiger partial charge in [0.25, 0.3) is 5.69 Å². The van der Waals surface area contributed by atoms with Gasteiger partial charge >= 0.3 is 0 Å². The van der Waals surface area contributed by atoms with Crippen LogP contribution in [0.5, 0.6) is 5.75 Å². The molecule has 108 valence electrons. The molecule has 0 bridgehead atoms. The van der Waals surface area contributed by atoms with Gasteiger partial charge in [-0.05, 0) is 36.5 Å². The van der Waals surface area contributed by atoms with Gasteiger partial charge in [-0.1, -0.05) is 0 Å². The predicted octanol–water partition coefficient (Wildman–Crippen LogP) is 2.81. The fraction of sp³-hybridized carbons (Fsp3) is 0.0769. The van der Waals surface area contributed by atoms with Crippen LogP contribution >= 0.6 is 12.2 Å². The molecule has 0 spiro atoms. The smallest absolute Gasteiger partial charge is 0.296 e. The lowest BCUT2D eigenvalue weighted by Crippen LogP contribution is -2.19. The zero-order valence-electron chi connectivity index (χ0n) is 11.1. The lowest BCUT2D eigenvalue weighted by atomic mass is 10.2. The molecule has 0 fully saturated rings. The molecule has 1 aromatic heterocycles. The van der Waals surface area contributed by atoms with Crippen LogP contribution in [0.4, 0.5) is 17.1 Å². The highest BCUT2D eigenvalue weighted by Crippen LogP contribution is 2.29. The van der Waals surface area contributed by atoms with Crippen molar-refractivity contribution in [3.63, 3.8) is 0 Å². The molecule has 0 aliphatic heterocycles. The highest BCUT2D eigenvalue weighted by atomic mass is 32.1. The van der Waals surface area contributed by atoms with Crippen molar-refractivity contribution in [1.29, 1.82) is 0 Å². The Bertz CT molecular complexity index is 664. The number of thiocarbonyl (C=S) groups is 1. The van der Waals surface area contributed by atoms with Crippen molar-refractivity contribution in [2.45, 2.75) is 0 Å². The first-order chi connectivity index (χ1) is 10.1. The van der Waals surface area contributed by atoms with E-state index in [1.165, 1.54) is 19.2 Å². The molecule has 0 saturated heterocycles. The Morgan fingerprint density at radius 3 is 2.81 bits per heavy atom. The Morgan fingerprint density at radius 1 is 1.38 bits per heavy atom. The van der Waals surface area contributed by atoms with Gasteiger partial charge < -0.3 is 15.4 Å². The second kappa shape index (κ2) is 6.62. The van der Waals surface area contributed by atoms with Crippen molar-refractivity contribution in [2.24, 2.45) is 0 Å². The van der Waals surface area contributed by atoms with Crippen molar-refractivity contribution in [1.82, 2.24) is 4.98 Å². The van der Waals surface area contributed by atoms with Crippen LogP contribution in [-0.2, 0) is 0 Å². The first-order valence-electron chi connectivity index (χ1n) is 5.90. The summed E-state index contributed by atoms with van der Waals surface area (Å²) < 4.78 is 4.97. The van der Waals surface area contributed by atoms with Gasteiger partial charge in [0.2, 0.25) is 0 Å². The van der Waals surface area contributed by atoms with E-state index >= 15 is 0 Å². The maximum atomic E-state index is 11.1. The van der Waals surface area contributed by atoms with Gasteiger partial charge in [-0.2, -0.15) is 0 Å². The normalized spacial score (nSPS) is 9.76. The monoisotopic (exact) mass is 304 g/mol. The Hall–Kier alpha value is -2.74. The summed E-state index contributed by atoms with van der Waals surface area (Å²) in [6.07, 6.45) is 3.23. The van der Waals surface area contributed by atoms with Crippen molar-refractivity contribution in [3.05, 3.63) is 52.8 Å². The van der Waals surface area contributed by atoms with E-state index in [-0.39, 0.29) is 16.5 Å². The summed E-state index contributed by atoms with van der Waals surface area (Å²) in [4.78, 5) is 14.5. The molecular formula is C13H12N4O3S. The van der Waals surface area contributed by atoms with E-state index < -0.39 is 4.92 Å². The third-order valence-corrected chi connectivity index (χ3v) is 2.77. The van der Waals surface area contributed by atoms with Crippen LogP contribution in [0, 0.1) is 10.1 Å². The molecule has 2 aromatic rings. The molecule has 1 aromatic carbocycles. The molecule has 8 heteroatoms. The maximum absolute atomic E-state index is 11.1. The molecule has 0 amide bonds. The lowest BCUT2D eigenvalue weighted by Gasteiger charge is -2.11. The molecule has 0 saturated carbocycles. The number of nitrogens with zero attached hydrogens (tertiary/aromatic N) is 2. The molecule has 0 atom stereocenters. The molecule has 2 rings (SSSR count). The zero-order valence-corrected chi connectivity index (χ0v) is 11.9. The highest BCUT2D eigenvalue weighted by Gasteiger charge is 2.16. The van der Waals surface area contributed by atoms with Crippen LogP contribution < -0.4 is 15.4 Å². The van der Waals surface area contributed by atoms with Crippen molar-refractivity contribution in [3.8, 4) is 5.75 Å². The van der Waals surface area contributed by atoms with Gasteiger partial charge in [-0.3, -0.25) is 15.1 Å². The number of nitrogens with one attached hydrogen (secondary N) is 2. The van der Waals surface area contributed by atoms with E-state index in [0.717, 1.165) is 0 Å². The van der Waals surface area contributed by atoms with Crippen LogP contribution in [0.25, 0.3) is 0 Å². The summed E-state index contributed by atoms with van der Waals surface area (Å²) in [5.74, 6) is 0.401. The topological polar surface area (TPSA) is 89.3 Å². The molecule has 7 nitrogen and oxygen atoms in total. The summed E-state index contributed by atoms with van der Waals surface area (Å²) in [7, 11) is 1.45. The summed E-state index contributed by atoms with van der Waals surface area (Å²) in [5, 5.41) is 17.0. The Morgan fingerprint density at radius 2 is 2.19 bits per heavy atom. The fourth-order valence-electron chi connectivity index (χ4n) is 1.62. The number of rotatable bonds is 4. The third-order valence-electron chi connectivity index (χ3n) is 2.57. The molecule has 1 heterocycles. The fourth-order valence-corrected chi connectivity index (χ4v) is 1.84. The number of anilines is 2. The second-order valence-electron chi connectivity index (χ2n) is 3.96. The SMILES string of the molecule is COc1ccc(NC(=S)Nc2cccnc2)c([N+](=O)[O-])c1. The third kappa shape index (κ3) is 3.86. The van der Waals surface area contributed by atoms with Crippen molar-refractivity contribution >= 4 is 34.4 Å². The van der Waals surface area contributed by atoms with Crippen LogP contribution in [0.15, 0.2) is 42.7 Å². The Balaban J connectivity index is 2.15. The largest absolute Gasteiger partial charge is 0.496 e. The van der Waals surface area contributed by atoms with Gasteiger partial charge in [0.15, 0.2) is 5.11 Å². The predicted molar refractivity (Wildman–Crippen MR) is 83.7 cm³/mol. The quantitative estimate of drug-likeness (QED) is 0.510. The van der Waals surface area contributed by atoms with E-state index in [4.69, 9.17) is 17.0 Å². The van der Waals surface area contributed by atoms with Gasteiger partial charge in [0.05, 0.1) is 30.0 Å². The van der Waals surface area contributed by atoms with Crippen molar-refractivity contribution in [2.75, 3.05) is 17.7 Å². The number of hydrogen-bond donors (Lipinski definition) is 2. The second-order valence-corrected chi connectivity index (χ2v) is 4.37. The van der Waals surface area contributed by atoms with Crippen LogP contribution in [0.2, 0.25) is 0 Å². The van der Waals surface area contributed by atoms with Crippen LogP contribution in [0.3, 0.4) is 0 Å². The summed E-state index contributed by atoms with van der Waals surface area (Å²) in [6, 6.07) is 8.01. The maximum Gasteiger partial charge on any atom is 0.296 e. The number of methoxy groups -OCH3 is 1. The summed E-state index contributed by atoms with van der Waals surface area (Å²) in [6.45, 7) is 0. The highest BCUT2D eigenvalue weighted by molar-refractivity contribution is 7.80. The average Bonchev–Trinajstić information content (AvgIpc) is 2.48. The average molecular weight is 304 g/mol. The molecule has 21 heavy (non-hydrogen) atoms. The molecule has 0 radical (unpaired) electrons. The van der Waals surface area contributed by atoms with Crippen LogP contribution in [-0.4, -0.2) is 22.1 Å². The minimum Gasteiger partial charge on any atom is -0.496 e. The standard InChI is InChI=1S/C13H12N4O3S/c1-20-10-4-5-11(12(7-10)17(18)19)16-13(21)15-9-3-2-6-14-8-9/h2-8H,1H3,(H2,15,16,21). The number of pyridine rings is 1. The number of benzene rings is 1. The Labute approximate surface area is 126 Å². The summed E-state index contributed by atoms with van der Waals surface area (Å²) >= 11 is 5.12. The van der Waals surface area contributed by atoms with E-state index in [1.54, 1.807) is 30.6 Å². The zero-order chi connectivity index (χ0) is 15.2. The number of hydrogen-bond acceptors (Lipinski definition) is 5. The van der Waals surface area contributed by atoms with Gasteiger partial charge in [-0.25, -0.2) is 0 Å². The molecule has 0 unspecified atom stereocenters. The minimum atomic E-state index is -0.502. The molecular weight excluding hydrogens is 292 g/mol. The number of ether oxygens (including phenoxy) is 1. The van der Waals surface area contributed by atoms with Gasteiger partial charge in [-0.15, -0.1) is 0 Å². The first kappa shape index (κ1) is 14.7. The number of nitro groups is 1.